The lowest BCUT2D eigenvalue weighted by Crippen LogP contribution is -2.49. The number of nitrogens with one attached hydrogen (secondary N) is 1. The second kappa shape index (κ2) is 1.87. The molecule has 6 atom stereocenters. The molecule has 0 aromatic carbocycles. The molecule has 2 nitrogen and oxygen atoms in total. The van der Waals surface area contributed by atoms with Crippen LogP contribution in [0, 0.1) is 28.1 Å². The van der Waals surface area contributed by atoms with Crippen LogP contribution in [0.2, 0.25) is 0 Å². The topological polar surface area (TPSA) is 29.1 Å². The van der Waals surface area contributed by atoms with Gasteiger partial charge >= 0.3 is 0 Å². The zero-order valence-corrected chi connectivity index (χ0v) is 10.6. The van der Waals surface area contributed by atoms with Crippen LogP contribution >= 0.6 is 0 Å². The van der Waals surface area contributed by atoms with Crippen LogP contribution in [0.4, 0.5) is 0 Å². The average molecular weight is 207 g/mol. The summed E-state index contributed by atoms with van der Waals surface area (Å²) in [7, 11) is 0. The van der Waals surface area contributed by atoms with Crippen LogP contribution in [-0.4, -0.2) is 11.4 Å². The molecule has 2 heteroatoms. The number of piperidine rings is 1. The summed E-state index contributed by atoms with van der Waals surface area (Å²) >= 11 is 0. The van der Waals surface area contributed by atoms with Crippen molar-refractivity contribution in [2.75, 3.05) is 0 Å². The van der Waals surface area contributed by atoms with Crippen molar-refractivity contribution in [1.82, 2.24) is 5.32 Å². The van der Waals surface area contributed by atoms with Crippen LogP contribution in [0.5, 0.6) is 0 Å². The molecule has 3 fully saturated rings. The number of carbonyl (C=O) groups is 1. The summed E-state index contributed by atoms with van der Waals surface area (Å²) in [5.74, 6) is 1.48. The van der Waals surface area contributed by atoms with E-state index in [1.54, 1.807) is 0 Å². The normalized spacial score (nSPS) is 70.4. The van der Waals surface area contributed by atoms with Gasteiger partial charge in [-0.25, -0.2) is 0 Å². The minimum Gasteiger partial charge on any atom is -0.350 e. The Kier molecular flexibility index (Phi) is 1.21. The van der Waals surface area contributed by atoms with Gasteiger partial charge in [-0.15, -0.1) is 0 Å². The average Bonchev–Trinajstić information content (AvgIpc) is 2.48. The Balaban J connectivity index is 2.29. The molecule has 0 radical (unpaired) electrons. The van der Waals surface area contributed by atoms with Gasteiger partial charge in [0.2, 0.25) is 5.91 Å². The molecule has 3 aliphatic rings. The van der Waals surface area contributed by atoms with Crippen LogP contribution < -0.4 is 5.32 Å². The number of amides is 1. The van der Waals surface area contributed by atoms with Crippen molar-refractivity contribution in [2.45, 2.75) is 47.1 Å². The van der Waals surface area contributed by atoms with E-state index in [2.05, 4.69) is 46.9 Å². The molecule has 3 rings (SSSR count). The fraction of sp³-hybridized carbons (Fsp3) is 0.923. The van der Waals surface area contributed by atoms with Crippen molar-refractivity contribution in [3.63, 3.8) is 0 Å². The largest absolute Gasteiger partial charge is 0.350 e. The lowest BCUT2D eigenvalue weighted by Gasteiger charge is -2.35. The zero-order chi connectivity index (χ0) is 11.4. The molecular formula is C13H21NO. The number of hydrogen-bond acceptors (Lipinski definition) is 1. The molecule has 1 saturated heterocycles. The Morgan fingerprint density at radius 3 is 2.00 bits per heavy atom. The summed E-state index contributed by atoms with van der Waals surface area (Å²) in [6.07, 6.45) is 0. The lowest BCUT2D eigenvalue weighted by atomic mass is 9.73. The van der Waals surface area contributed by atoms with Crippen LogP contribution in [0.1, 0.15) is 41.5 Å². The first-order valence-corrected chi connectivity index (χ1v) is 6.02. The molecule has 15 heavy (non-hydrogen) atoms. The zero-order valence-electron chi connectivity index (χ0n) is 10.6. The molecule has 0 spiro atoms. The van der Waals surface area contributed by atoms with E-state index in [9.17, 15) is 4.79 Å². The first-order chi connectivity index (χ1) is 6.69. The molecule has 0 aromatic heterocycles. The molecule has 2 saturated carbocycles. The van der Waals surface area contributed by atoms with Gasteiger partial charge in [0.1, 0.15) is 0 Å². The summed E-state index contributed by atoms with van der Waals surface area (Å²) in [5, 5.41) is 3.27. The van der Waals surface area contributed by atoms with Gasteiger partial charge < -0.3 is 5.32 Å². The molecule has 1 heterocycles. The quantitative estimate of drug-likeness (QED) is 0.648. The van der Waals surface area contributed by atoms with Gasteiger partial charge in [-0.1, -0.05) is 27.7 Å². The Bertz CT molecular complexity index is 386. The van der Waals surface area contributed by atoms with Crippen molar-refractivity contribution >= 4 is 5.91 Å². The van der Waals surface area contributed by atoms with Crippen LogP contribution in [-0.2, 0) is 4.79 Å². The number of rotatable bonds is 0. The van der Waals surface area contributed by atoms with Gasteiger partial charge in [0.15, 0.2) is 0 Å². The van der Waals surface area contributed by atoms with Crippen molar-refractivity contribution in [3.8, 4) is 0 Å². The predicted molar refractivity (Wildman–Crippen MR) is 59.2 cm³/mol. The van der Waals surface area contributed by atoms with Crippen LogP contribution in [0.25, 0.3) is 0 Å². The van der Waals surface area contributed by atoms with Gasteiger partial charge in [0, 0.05) is 11.0 Å². The van der Waals surface area contributed by atoms with Gasteiger partial charge in [-0.2, -0.15) is 0 Å². The first-order valence-electron chi connectivity index (χ1n) is 6.02. The molecule has 1 N–H and O–H groups in total. The highest BCUT2D eigenvalue weighted by Gasteiger charge is 2.97. The number of carbonyl (C=O) groups excluding carboxylic acids is 1. The molecular weight excluding hydrogens is 186 g/mol. The Morgan fingerprint density at radius 1 is 1.07 bits per heavy atom. The molecule has 1 amide bonds. The Morgan fingerprint density at radius 2 is 1.60 bits per heavy atom. The molecule has 0 unspecified atom stereocenters. The van der Waals surface area contributed by atoms with Gasteiger partial charge in [-0.05, 0) is 31.1 Å². The SMILES string of the molecule is C[C@@H]1[C@H](C)[C@]2(C)[C@@]3(C)C(=O)N[C@]1(C)[C@]32C. The van der Waals surface area contributed by atoms with E-state index < -0.39 is 0 Å². The second-order valence-electron chi connectivity index (χ2n) is 6.69. The van der Waals surface area contributed by atoms with Crippen molar-refractivity contribution < 1.29 is 4.79 Å². The monoisotopic (exact) mass is 207 g/mol. The summed E-state index contributed by atoms with van der Waals surface area (Å²) in [6.45, 7) is 13.6. The van der Waals surface area contributed by atoms with E-state index in [4.69, 9.17) is 0 Å². The van der Waals surface area contributed by atoms with Crippen molar-refractivity contribution in [2.24, 2.45) is 28.1 Å². The number of hydrogen-bond donors (Lipinski definition) is 1. The molecule has 84 valence electrons. The third kappa shape index (κ3) is 0.485. The fourth-order valence-electron chi connectivity index (χ4n) is 5.65. The second-order valence-corrected chi connectivity index (χ2v) is 6.69. The maximum absolute atomic E-state index is 12.2. The van der Waals surface area contributed by atoms with E-state index in [0.717, 1.165) is 0 Å². The molecule has 0 aromatic rings. The summed E-state index contributed by atoms with van der Waals surface area (Å²) < 4.78 is 0. The van der Waals surface area contributed by atoms with Crippen molar-refractivity contribution in [3.05, 3.63) is 0 Å². The fourth-order valence-corrected chi connectivity index (χ4v) is 5.65. The van der Waals surface area contributed by atoms with E-state index in [0.29, 0.717) is 11.8 Å². The van der Waals surface area contributed by atoms with E-state index in [1.807, 2.05) is 0 Å². The number of fused-ring (bicyclic) bond motifs is 1. The van der Waals surface area contributed by atoms with Crippen molar-refractivity contribution in [1.29, 1.82) is 0 Å². The van der Waals surface area contributed by atoms with Gasteiger partial charge in [0.25, 0.3) is 0 Å². The molecule has 0 bridgehead atoms. The highest BCUT2D eigenvalue weighted by molar-refractivity contribution is 5.95. The van der Waals surface area contributed by atoms with Gasteiger partial charge in [-0.3, -0.25) is 4.79 Å². The van der Waals surface area contributed by atoms with E-state index >= 15 is 0 Å². The lowest BCUT2D eigenvalue weighted by molar-refractivity contribution is -0.126. The highest BCUT2D eigenvalue weighted by Crippen LogP contribution is 2.92. The summed E-state index contributed by atoms with van der Waals surface area (Å²) in [5.41, 5.74) is 0.243. The first kappa shape index (κ1) is 9.68. The van der Waals surface area contributed by atoms with E-state index in [1.165, 1.54) is 0 Å². The molecule has 2 aliphatic carbocycles. The summed E-state index contributed by atoms with van der Waals surface area (Å²) in [4.78, 5) is 12.2. The minimum absolute atomic E-state index is 0.00694. The molecule has 1 aliphatic heterocycles. The van der Waals surface area contributed by atoms with Crippen LogP contribution in [0.15, 0.2) is 0 Å². The third-order valence-corrected chi connectivity index (χ3v) is 7.45. The van der Waals surface area contributed by atoms with Gasteiger partial charge in [0.05, 0.1) is 5.41 Å². The summed E-state index contributed by atoms with van der Waals surface area (Å²) in [6, 6.07) is 0. The van der Waals surface area contributed by atoms with E-state index in [-0.39, 0.29) is 27.7 Å². The van der Waals surface area contributed by atoms with Crippen LogP contribution in [0.3, 0.4) is 0 Å². The minimum atomic E-state index is -0.124. The Hall–Kier alpha value is -0.530. The predicted octanol–water partition coefficient (Wildman–Crippen LogP) is 2.19. The maximum Gasteiger partial charge on any atom is 0.227 e. The standard InChI is InChI=1S/C13H21NO/c1-7-8(2)12(5)13(6)10(7,3)11(13,4)9(15)14-12/h7-8H,1-6H3,(H,14,15)/t7-,8+,10+,11+,12-,13-/m0/s1. The maximum atomic E-state index is 12.2. The smallest absolute Gasteiger partial charge is 0.227 e. The Labute approximate surface area is 91.8 Å². The third-order valence-electron chi connectivity index (χ3n) is 7.45. The highest BCUT2D eigenvalue weighted by atomic mass is 16.2.